The minimum Gasteiger partial charge on any atom is -0.352 e. The third kappa shape index (κ3) is 8.17. The second-order valence-electron chi connectivity index (χ2n) is 9.46. The lowest BCUT2D eigenvalue weighted by atomic mass is 9.95. The minimum absolute atomic E-state index is 0.0740. The molecule has 1 unspecified atom stereocenters. The average Bonchev–Trinajstić information content (AvgIpc) is 2.87. The summed E-state index contributed by atoms with van der Waals surface area (Å²) in [6.07, 6.45) is 6.94. The molecule has 0 aliphatic heterocycles. The van der Waals surface area contributed by atoms with Gasteiger partial charge in [0.1, 0.15) is 18.4 Å². The van der Waals surface area contributed by atoms with Crippen LogP contribution in [0.25, 0.3) is 0 Å². The molecule has 1 N–H and O–H groups in total. The van der Waals surface area contributed by atoms with Crippen molar-refractivity contribution < 1.29 is 22.4 Å². The van der Waals surface area contributed by atoms with E-state index in [0.717, 1.165) is 54.3 Å². The van der Waals surface area contributed by atoms with Gasteiger partial charge in [0, 0.05) is 12.6 Å². The highest BCUT2D eigenvalue weighted by Crippen LogP contribution is 2.25. The molecule has 0 radical (unpaired) electrons. The van der Waals surface area contributed by atoms with Crippen LogP contribution in [0.5, 0.6) is 0 Å². The van der Waals surface area contributed by atoms with Gasteiger partial charge in [-0.05, 0) is 49.4 Å². The summed E-state index contributed by atoms with van der Waals surface area (Å²) in [5, 5.41) is 2.86. The second kappa shape index (κ2) is 13.2. The van der Waals surface area contributed by atoms with Crippen molar-refractivity contribution in [2.24, 2.45) is 0 Å². The largest absolute Gasteiger partial charge is 0.352 e. The van der Waals surface area contributed by atoms with E-state index in [4.69, 9.17) is 11.6 Å². The smallest absolute Gasteiger partial charge is 0.244 e. The van der Waals surface area contributed by atoms with Gasteiger partial charge >= 0.3 is 0 Å². The van der Waals surface area contributed by atoms with Crippen molar-refractivity contribution >= 4 is 39.1 Å². The van der Waals surface area contributed by atoms with Gasteiger partial charge in [0.15, 0.2) is 0 Å². The van der Waals surface area contributed by atoms with Gasteiger partial charge in [-0.25, -0.2) is 12.8 Å². The number of carbonyl (C=O) groups excluding carboxylic acids is 2. The topological polar surface area (TPSA) is 86.8 Å². The molecule has 1 atom stereocenters. The maximum absolute atomic E-state index is 13.7. The van der Waals surface area contributed by atoms with E-state index in [-0.39, 0.29) is 29.2 Å². The van der Waals surface area contributed by atoms with Gasteiger partial charge < -0.3 is 10.2 Å². The van der Waals surface area contributed by atoms with Crippen LogP contribution in [0.1, 0.15) is 51.0 Å². The summed E-state index contributed by atoms with van der Waals surface area (Å²) in [7, 11) is -3.91. The highest BCUT2D eigenvalue weighted by atomic mass is 35.5. The molecule has 0 spiro atoms. The molecule has 0 heterocycles. The number of carbonyl (C=O) groups is 2. The predicted octanol–water partition coefficient (Wildman–Crippen LogP) is 4.54. The van der Waals surface area contributed by atoms with Gasteiger partial charge in [-0.2, -0.15) is 0 Å². The first-order chi connectivity index (χ1) is 17.6. The van der Waals surface area contributed by atoms with Crippen molar-refractivity contribution in [1.82, 2.24) is 10.2 Å². The molecule has 0 saturated heterocycles. The Balaban J connectivity index is 1.87. The zero-order chi connectivity index (χ0) is 27.0. The van der Waals surface area contributed by atoms with Gasteiger partial charge in [0.05, 0.1) is 17.0 Å². The van der Waals surface area contributed by atoms with Crippen LogP contribution in [0.15, 0.2) is 48.5 Å². The van der Waals surface area contributed by atoms with Crippen LogP contribution in [0, 0.1) is 5.82 Å². The number of hydrogen-bond donors (Lipinski definition) is 1. The molecular formula is C27H35ClFN3O4S. The number of anilines is 1. The van der Waals surface area contributed by atoms with Crippen LogP contribution >= 0.6 is 11.6 Å². The number of nitrogens with one attached hydrogen (secondary N) is 1. The summed E-state index contributed by atoms with van der Waals surface area (Å²) in [4.78, 5) is 28.5. The van der Waals surface area contributed by atoms with Crippen LogP contribution in [-0.4, -0.2) is 56.6 Å². The highest BCUT2D eigenvalue weighted by molar-refractivity contribution is 7.92. The average molecular weight is 552 g/mol. The van der Waals surface area contributed by atoms with Gasteiger partial charge in [-0.15, -0.1) is 0 Å². The van der Waals surface area contributed by atoms with E-state index in [1.54, 1.807) is 0 Å². The SMILES string of the molecule is CCC(C(=O)NC1CCCCC1)N(CCc1ccccc1)C(=O)CN(c1ccc(F)c(Cl)c1)S(C)(=O)=O. The number of halogens is 2. The Kier molecular flexibility index (Phi) is 10.3. The molecule has 202 valence electrons. The molecule has 2 aromatic rings. The third-order valence-corrected chi connectivity index (χ3v) is 8.12. The Morgan fingerprint density at radius 1 is 1.11 bits per heavy atom. The summed E-state index contributed by atoms with van der Waals surface area (Å²) in [5.74, 6) is -1.45. The van der Waals surface area contributed by atoms with E-state index in [1.165, 1.54) is 17.0 Å². The van der Waals surface area contributed by atoms with Crippen LogP contribution in [0.2, 0.25) is 5.02 Å². The fourth-order valence-corrected chi connectivity index (χ4v) is 5.71. The van der Waals surface area contributed by atoms with Crippen LogP contribution < -0.4 is 9.62 Å². The summed E-state index contributed by atoms with van der Waals surface area (Å²) in [6.45, 7) is 1.53. The number of benzene rings is 2. The fourth-order valence-electron chi connectivity index (χ4n) is 4.69. The van der Waals surface area contributed by atoms with E-state index >= 15 is 0 Å². The minimum atomic E-state index is -3.91. The molecule has 1 saturated carbocycles. The van der Waals surface area contributed by atoms with Crippen LogP contribution in [0.3, 0.4) is 0 Å². The zero-order valence-electron chi connectivity index (χ0n) is 21.3. The lowest BCUT2D eigenvalue weighted by Gasteiger charge is -2.34. The standard InChI is InChI=1S/C27H35ClFN3O4S/c1-3-25(27(34)30-21-12-8-5-9-13-21)31(17-16-20-10-6-4-7-11-20)26(33)19-32(37(2,35)36)22-14-15-24(29)23(28)18-22/h4,6-7,10-11,14-15,18,21,25H,3,5,8-9,12-13,16-17,19H2,1-2H3,(H,30,34). The monoisotopic (exact) mass is 551 g/mol. The molecule has 1 fully saturated rings. The molecule has 2 aromatic carbocycles. The van der Waals surface area contributed by atoms with E-state index < -0.39 is 34.3 Å². The Morgan fingerprint density at radius 2 is 1.78 bits per heavy atom. The maximum atomic E-state index is 13.7. The normalized spacial score (nSPS) is 15.1. The van der Waals surface area contributed by atoms with Crippen molar-refractivity contribution in [3.63, 3.8) is 0 Å². The van der Waals surface area contributed by atoms with Crippen LogP contribution in [-0.2, 0) is 26.0 Å². The van der Waals surface area contributed by atoms with Crippen molar-refractivity contribution in [1.29, 1.82) is 0 Å². The van der Waals surface area contributed by atoms with Gasteiger partial charge in [0.2, 0.25) is 21.8 Å². The summed E-state index contributed by atoms with van der Waals surface area (Å²) in [5.41, 5.74) is 1.07. The Hall–Kier alpha value is -2.65. The molecule has 1 aliphatic carbocycles. The number of hydrogen-bond acceptors (Lipinski definition) is 4. The molecule has 7 nitrogen and oxygen atoms in total. The van der Waals surface area contributed by atoms with Crippen molar-refractivity contribution in [3.05, 3.63) is 64.9 Å². The Labute approximate surface area is 224 Å². The Morgan fingerprint density at radius 3 is 2.38 bits per heavy atom. The fraction of sp³-hybridized carbons (Fsp3) is 0.481. The van der Waals surface area contributed by atoms with Crippen molar-refractivity contribution in [2.45, 2.75) is 64.0 Å². The van der Waals surface area contributed by atoms with E-state index in [1.807, 2.05) is 37.3 Å². The number of sulfonamides is 1. The quantitative estimate of drug-likeness (QED) is 0.444. The predicted molar refractivity (Wildman–Crippen MR) is 145 cm³/mol. The third-order valence-electron chi connectivity index (χ3n) is 6.69. The van der Waals surface area contributed by atoms with Crippen molar-refractivity contribution in [2.75, 3.05) is 23.7 Å². The van der Waals surface area contributed by atoms with Crippen LogP contribution in [0.4, 0.5) is 10.1 Å². The molecular weight excluding hydrogens is 517 g/mol. The van der Waals surface area contributed by atoms with Gasteiger partial charge in [-0.1, -0.05) is 68.1 Å². The molecule has 3 rings (SSSR count). The van der Waals surface area contributed by atoms with Gasteiger partial charge in [-0.3, -0.25) is 13.9 Å². The molecule has 37 heavy (non-hydrogen) atoms. The summed E-state index contributed by atoms with van der Waals surface area (Å²) in [6, 6.07) is 12.4. The summed E-state index contributed by atoms with van der Waals surface area (Å²) >= 11 is 5.89. The zero-order valence-corrected chi connectivity index (χ0v) is 22.9. The lowest BCUT2D eigenvalue weighted by Crippen LogP contribution is -2.54. The first-order valence-corrected chi connectivity index (χ1v) is 14.9. The highest BCUT2D eigenvalue weighted by Gasteiger charge is 2.32. The molecule has 2 amide bonds. The Bertz CT molecular complexity index is 1170. The maximum Gasteiger partial charge on any atom is 0.244 e. The van der Waals surface area contributed by atoms with E-state index in [0.29, 0.717) is 12.8 Å². The van der Waals surface area contributed by atoms with E-state index in [9.17, 15) is 22.4 Å². The van der Waals surface area contributed by atoms with E-state index in [2.05, 4.69) is 5.32 Å². The van der Waals surface area contributed by atoms with Gasteiger partial charge in [0.25, 0.3) is 0 Å². The lowest BCUT2D eigenvalue weighted by molar-refractivity contribution is -0.140. The first kappa shape index (κ1) is 28.9. The number of nitrogens with zero attached hydrogens (tertiary/aromatic N) is 2. The number of amides is 2. The molecule has 0 bridgehead atoms. The molecule has 10 heteroatoms. The second-order valence-corrected chi connectivity index (χ2v) is 11.8. The first-order valence-electron chi connectivity index (χ1n) is 12.7. The molecule has 0 aromatic heterocycles. The summed E-state index contributed by atoms with van der Waals surface area (Å²) < 4.78 is 39.9. The molecule has 1 aliphatic rings. The van der Waals surface area contributed by atoms with Crippen molar-refractivity contribution in [3.8, 4) is 0 Å². The number of rotatable bonds is 11.